The van der Waals surface area contributed by atoms with E-state index in [2.05, 4.69) is 15.6 Å². The van der Waals surface area contributed by atoms with Gasteiger partial charge in [0, 0.05) is 12.7 Å². The summed E-state index contributed by atoms with van der Waals surface area (Å²) >= 11 is 0. The maximum Gasteiger partial charge on any atom is 0.0693 e. The van der Waals surface area contributed by atoms with Crippen LogP contribution >= 0.6 is 0 Å². The summed E-state index contributed by atoms with van der Waals surface area (Å²) in [6.07, 6.45) is 6.12. The minimum absolute atomic E-state index is 0.520. The van der Waals surface area contributed by atoms with Crippen molar-refractivity contribution in [3.8, 4) is 0 Å². The van der Waals surface area contributed by atoms with E-state index in [0.717, 1.165) is 13.1 Å². The van der Waals surface area contributed by atoms with Gasteiger partial charge in [-0.2, -0.15) is 0 Å². The van der Waals surface area contributed by atoms with Crippen molar-refractivity contribution < 1.29 is 0 Å². The molecule has 4 nitrogen and oxygen atoms in total. The topological polar surface area (TPSA) is 42.7 Å². The molecule has 0 aliphatic carbocycles. The van der Waals surface area contributed by atoms with Gasteiger partial charge < -0.3 is 5.32 Å². The lowest BCUT2D eigenvalue weighted by molar-refractivity contribution is 0.341. The van der Waals surface area contributed by atoms with Crippen LogP contribution < -0.4 is 5.32 Å². The summed E-state index contributed by atoms with van der Waals surface area (Å²) in [6.45, 7) is 2.18. The Balaban J connectivity index is 2.04. The van der Waals surface area contributed by atoms with Crippen molar-refractivity contribution in [2.24, 2.45) is 0 Å². The van der Waals surface area contributed by atoms with Crippen molar-refractivity contribution in [3.05, 3.63) is 12.4 Å². The molecule has 60 valence electrons. The molecule has 1 atom stereocenters. The molecule has 2 heterocycles. The standard InChI is InChI=1S/C7H12N4/c1-2-7(6-8-3-1)11-5-4-9-10-11/h4-5,7-8H,1-3,6H2. The van der Waals surface area contributed by atoms with Gasteiger partial charge in [0.15, 0.2) is 0 Å². The van der Waals surface area contributed by atoms with Crippen LogP contribution in [0.2, 0.25) is 0 Å². The van der Waals surface area contributed by atoms with Gasteiger partial charge in [-0.05, 0) is 19.4 Å². The molecule has 0 spiro atoms. The molecule has 0 radical (unpaired) electrons. The molecule has 0 aromatic carbocycles. The summed E-state index contributed by atoms with van der Waals surface area (Å²) in [6, 6.07) is 0.520. The summed E-state index contributed by atoms with van der Waals surface area (Å²) in [4.78, 5) is 0. The Bertz CT molecular complexity index is 200. The van der Waals surface area contributed by atoms with Crippen molar-refractivity contribution >= 4 is 0 Å². The van der Waals surface area contributed by atoms with Crippen molar-refractivity contribution in [2.45, 2.75) is 18.9 Å². The first kappa shape index (κ1) is 6.79. The summed E-state index contributed by atoms with van der Waals surface area (Å²) in [5, 5.41) is 11.1. The normalized spacial score (nSPS) is 25.3. The molecule has 4 heteroatoms. The number of hydrogen-bond acceptors (Lipinski definition) is 3. The Morgan fingerprint density at radius 1 is 1.55 bits per heavy atom. The molecular formula is C7H12N4. The largest absolute Gasteiger partial charge is 0.315 e. The van der Waals surface area contributed by atoms with Crippen LogP contribution in [0.3, 0.4) is 0 Å². The third-order valence-electron chi connectivity index (χ3n) is 2.09. The summed E-state index contributed by atoms with van der Waals surface area (Å²) in [5.74, 6) is 0. The molecule has 1 fully saturated rings. The van der Waals surface area contributed by atoms with Crippen LogP contribution in [0.5, 0.6) is 0 Å². The van der Waals surface area contributed by atoms with Crippen molar-refractivity contribution in [1.29, 1.82) is 0 Å². The molecule has 1 unspecified atom stereocenters. The number of aromatic nitrogens is 3. The van der Waals surface area contributed by atoms with Gasteiger partial charge >= 0.3 is 0 Å². The maximum atomic E-state index is 3.97. The molecule has 2 rings (SSSR count). The first-order valence-electron chi connectivity index (χ1n) is 4.03. The number of nitrogens with one attached hydrogen (secondary N) is 1. The van der Waals surface area contributed by atoms with Gasteiger partial charge in [0.2, 0.25) is 0 Å². The van der Waals surface area contributed by atoms with Gasteiger partial charge in [-0.1, -0.05) is 5.21 Å². The summed E-state index contributed by atoms with van der Waals surface area (Å²) in [7, 11) is 0. The molecule has 1 N–H and O–H groups in total. The van der Waals surface area contributed by atoms with E-state index < -0.39 is 0 Å². The van der Waals surface area contributed by atoms with Gasteiger partial charge in [0.1, 0.15) is 0 Å². The Morgan fingerprint density at radius 2 is 2.55 bits per heavy atom. The van der Waals surface area contributed by atoms with E-state index in [1.54, 1.807) is 6.20 Å². The number of hydrogen-bond donors (Lipinski definition) is 1. The molecular weight excluding hydrogens is 140 g/mol. The Kier molecular flexibility index (Phi) is 1.85. The smallest absolute Gasteiger partial charge is 0.0693 e. The first-order chi connectivity index (χ1) is 5.47. The summed E-state index contributed by atoms with van der Waals surface area (Å²) in [5.41, 5.74) is 0. The van der Waals surface area contributed by atoms with Crippen molar-refractivity contribution in [2.75, 3.05) is 13.1 Å². The highest BCUT2D eigenvalue weighted by atomic mass is 15.4. The van der Waals surface area contributed by atoms with Crippen LogP contribution in [-0.2, 0) is 0 Å². The van der Waals surface area contributed by atoms with Crippen LogP contribution in [-0.4, -0.2) is 28.1 Å². The van der Waals surface area contributed by atoms with E-state index in [4.69, 9.17) is 0 Å². The maximum absolute atomic E-state index is 3.97. The van der Waals surface area contributed by atoms with E-state index in [9.17, 15) is 0 Å². The van der Waals surface area contributed by atoms with Crippen LogP contribution in [0.4, 0.5) is 0 Å². The van der Waals surface area contributed by atoms with E-state index in [1.165, 1.54) is 12.8 Å². The molecule has 1 aliphatic rings. The van der Waals surface area contributed by atoms with Gasteiger partial charge in [-0.15, -0.1) is 5.10 Å². The van der Waals surface area contributed by atoms with Crippen LogP contribution in [0.15, 0.2) is 12.4 Å². The third-order valence-corrected chi connectivity index (χ3v) is 2.09. The Morgan fingerprint density at radius 3 is 3.18 bits per heavy atom. The van der Waals surface area contributed by atoms with Gasteiger partial charge in [-0.25, -0.2) is 4.68 Å². The minimum Gasteiger partial charge on any atom is -0.315 e. The fraction of sp³-hybridized carbons (Fsp3) is 0.714. The zero-order chi connectivity index (χ0) is 7.52. The summed E-state index contributed by atoms with van der Waals surface area (Å²) < 4.78 is 1.94. The fourth-order valence-electron chi connectivity index (χ4n) is 1.47. The highest BCUT2D eigenvalue weighted by molar-refractivity contribution is 4.77. The lowest BCUT2D eigenvalue weighted by Crippen LogP contribution is -2.31. The lowest BCUT2D eigenvalue weighted by atomic mass is 10.1. The van der Waals surface area contributed by atoms with E-state index in [1.807, 2.05) is 10.9 Å². The van der Waals surface area contributed by atoms with Gasteiger partial charge in [-0.3, -0.25) is 0 Å². The minimum atomic E-state index is 0.520. The monoisotopic (exact) mass is 152 g/mol. The molecule has 1 aromatic heterocycles. The molecule has 11 heavy (non-hydrogen) atoms. The molecule has 1 aliphatic heterocycles. The molecule has 0 amide bonds. The zero-order valence-corrected chi connectivity index (χ0v) is 6.40. The molecule has 1 aromatic rings. The number of piperidine rings is 1. The predicted octanol–water partition coefficient (Wildman–Crippen LogP) is 0.203. The van der Waals surface area contributed by atoms with E-state index in [0.29, 0.717) is 6.04 Å². The second-order valence-electron chi connectivity index (χ2n) is 2.88. The van der Waals surface area contributed by atoms with Crippen LogP contribution in [0.25, 0.3) is 0 Å². The lowest BCUT2D eigenvalue weighted by Gasteiger charge is -2.22. The third kappa shape index (κ3) is 1.40. The second-order valence-corrected chi connectivity index (χ2v) is 2.88. The number of nitrogens with zero attached hydrogens (tertiary/aromatic N) is 3. The van der Waals surface area contributed by atoms with Crippen LogP contribution in [0, 0.1) is 0 Å². The quantitative estimate of drug-likeness (QED) is 0.625. The van der Waals surface area contributed by atoms with Crippen LogP contribution in [0.1, 0.15) is 18.9 Å². The van der Waals surface area contributed by atoms with E-state index in [-0.39, 0.29) is 0 Å². The average Bonchev–Trinajstić information content (AvgIpc) is 2.58. The highest BCUT2D eigenvalue weighted by Crippen LogP contribution is 2.13. The van der Waals surface area contributed by atoms with E-state index >= 15 is 0 Å². The predicted molar refractivity (Wildman–Crippen MR) is 41.2 cm³/mol. The van der Waals surface area contributed by atoms with Crippen molar-refractivity contribution in [3.63, 3.8) is 0 Å². The van der Waals surface area contributed by atoms with Gasteiger partial charge in [0.25, 0.3) is 0 Å². The Labute approximate surface area is 65.6 Å². The average molecular weight is 152 g/mol. The molecule has 0 saturated carbocycles. The molecule has 0 bridgehead atoms. The number of rotatable bonds is 1. The zero-order valence-electron chi connectivity index (χ0n) is 6.40. The fourth-order valence-corrected chi connectivity index (χ4v) is 1.47. The van der Waals surface area contributed by atoms with Gasteiger partial charge in [0.05, 0.1) is 12.2 Å². The SMILES string of the molecule is c1cn(C2CCCNC2)nn1. The second kappa shape index (κ2) is 3.00. The first-order valence-corrected chi connectivity index (χ1v) is 4.03. The molecule has 1 saturated heterocycles. The Hall–Kier alpha value is -0.900. The highest BCUT2D eigenvalue weighted by Gasteiger charge is 2.14. The van der Waals surface area contributed by atoms with Crippen molar-refractivity contribution in [1.82, 2.24) is 20.3 Å².